The van der Waals surface area contributed by atoms with Gasteiger partial charge in [-0.25, -0.2) is 14.8 Å². The predicted molar refractivity (Wildman–Crippen MR) is 103 cm³/mol. The van der Waals surface area contributed by atoms with E-state index in [1.807, 2.05) is 48.5 Å². The van der Waals surface area contributed by atoms with E-state index in [0.717, 1.165) is 11.1 Å². The molecule has 0 amide bonds. The number of fused-ring (bicyclic) bond motifs is 1. The molecule has 130 valence electrons. The van der Waals surface area contributed by atoms with E-state index in [0.29, 0.717) is 29.5 Å². The molecule has 4 aromatic rings. The van der Waals surface area contributed by atoms with E-state index < -0.39 is 0 Å². The average molecular weight is 344 g/mol. The van der Waals surface area contributed by atoms with E-state index >= 15 is 0 Å². The number of rotatable bonds is 4. The van der Waals surface area contributed by atoms with Crippen LogP contribution >= 0.6 is 0 Å². The zero-order chi connectivity index (χ0) is 18.1. The van der Waals surface area contributed by atoms with E-state index in [4.69, 9.17) is 4.98 Å². The maximum atomic E-state index is 12.4. The number of nitrogens with one attached hydrogen (secondary N) is 1. The van der Waals surface area contributed by atoms with Crippen LogP contribution in [0.15, 0.2) is 65.6 Å². The summed E-state index contributed by atoms with van der Waals surface area (Å²) < 4.78 is 1.66. The molecule has 2 aromatic carbocycles. The second kappa shape index (κ2) is 6.59. The quantitative estimate of drug-likeness (QED) is 0.609. The lowest BCUT2D eigenvalue weighted by Crippen LogP contribution is -2.17. The van der Waals surface area contributed by atoms with Gasteiger partial charge in [-0.05, 0) is 17.0 Å². The van der Waals surface area contributed by atoms with Gasteiger partial charge in [0.25, 0.3) is 0 Å². The average Bonchev–Trinajstić information content (AvgIpc) is 2.97. The third-order valence-electron chi connectivity index (χ3n) is 4.52. The van der Waals surface area contributed by atoms with Crippen molar-refractivity contribution in [2.24, 2.45) is 0 Å². The molecule has 1 N–H and O–H groups in total. The van der Waals surface area contributed by atoms with Crippen molar-refractivity contribution in [1.29, 1.82) is 0 Å². The van der Waals surface area contributed by atoms with E-state index in [1.165, 1.54) is 5.56 Å². The maximum Gasteiger partial charge on any atom is 0.328 e. The largest absolute Gasteiger partial charge is 0.328 e. The number of hydrogen-bond donors (Lipinski definition) is 1. The van der Waals surface area contributed by atoms with Gasteiger partial charge in [-0.3, -0.25) is 4.57 Å². The highest BCUT2D eigenvalue weighted by Gasteiger charge is 2.14. The molecule has 4 rings (SSSR count). The molecule has 0 fully saturated rings. The molecule has 0 aliphatic carbocycles. The van der Waals surface area contributed by atoms with Crippen molar-refractivity contribution in [3.8, 4) is 11.4 Å². The summed E-state index contributed by atoms with van der Waals surface area (Å²) in [4.78, 5) is 24.5. The molecule has 0 aliphatic rings. The van der Waals surface area contributed by atoms with Gasteiger partial charge in [0.1, 0.15) is 5.52 Å². The Morgan fingerprint density at radius 3 is 2.54 bits per heavy atom. The Balaban J connectivity index is 1.85. The lowest BCUT2D eigenvalue weighted by atomic mass is 9.97. The van der Waals surface area contributed by atoms with Gasteiger partial charge in [0, 0.05) is 5.56 Å². The van der Waals surface area contributed by atoms with Crippen molar-refractivity contribution in [1.82, 2.24) is 19.5 Å². The highest BCUT2D eigenvalue weighted by Crippen LogP contribution is 2.27. The minimum atomic E-state index is -0.174. The zero-order valence-electron chi connectivity index (χ0n) is 14.8. The van der Waals surface area contributed by atoms with Crippen LogP contribution in [0.5, 0.6) is 0 Å². The second-order valence-electron chi connectivity index (χ2n) is 6.67. The normalized spacial score (nSPS) is 11.3. The van der Waals surface area contributed by atoms with Crippen molar-refractivity contribution < 1.29 is 0 Å². The molecule has 0 bridgehead atoms. The standard InChI is InChI=1S/C21H20N4O/c1-14(2)16-10-6-7-11-17(16)19-22-12-18-20(24-19)25(21(26)23-18)13-15-8-4-3-5-9-15/h3-12,14H,13H2,1-2H3,(H,23,26). The number of hydrogen-bond acceptors (Lipinski definition) is 3. The first-order valence-electron chi connectivity index (χ1n) is 8.72. The van der Waals surface area contributed by atoms with Crippen LogP contribution < -0.4 is 5.69 Å². The van der Waals surface area contributed by atoms with E-state index in [1.54, 1.807) is 10.8 Å². The van der Waals surface area contributed by atoms with Gasteiger partial charge in [0.15, 0.2) is 11.5 Å². The third kappa shape index (κ3) is 2.92. The van der Waals surface area contributed by atoms with Crippen LogP contribution in [0.1, 0.15) is 30.9 Å². The number of aromatic amines is 1. The molecule has 0 radical (unpaired) electrons. The Labute approximate surface area is 151 Å². The maximum absolute atomic E-state index is 12.4. The van der Waals surface area contributed by atoms with Crippen molar-refractivity contribution in [2.75, 3.05) is 0 Å². The van der Waals surface area contributed by atoms with Crippen molar-refractivity contribution >= 4 is 11.2 Å². The van der Waals surface area contributed by atoms with Crippen LogP contribution in [-0.2, 0) is 6.54 Å². The summed E-state index contributed by atoms with van der Waals surface area (Å²) in [6.07, 6.45) is 1.69. The molecule has 5 heteroatoms. The molecule has 0 atom stereocenters. The van der Waals surface area contributed by atoms with Crippen LogP contribution in [0.2, 0.25) is 0 Å². The van der Waals surface area contributed by atoms with Gasteiger partial charge in [-0.2, -0.15) is 0 Å². The monoisotopic (exact) mass is 344 g/mol. The first-order valence-corrected chi connectivity index (χ1v) is 8.72. The number of nitrogens with zero attached hydrogens (tertiary/aromatic N) is 3. The molecule has 2 aromatic heterocycles. The minimum Gasteiger partial charge on any atom is -0.303 e. The van der Waals surface area contributed by atoms with Gasteiger partial charge < -0.3 is 4.98 Å². The fourth-order valence-corrected chi connectivity index (χ4v) is 3.19. The zero-order valence-corrected chi connectivity index (χ0v) is 14.8. The number of benzene rings is 2. The van der Waals surface area contributed by atoms with Gasteiger partial charge in [-0.1, -0.05) is 68.4 Å². The lowest BCUT2D eigenvalue weighted by Gasteiger charge is -2.11. The molecule has 2 heterocycles. The third-order valence-corrected chi connectivity index (χ3v) is 4.52. The van der Waals surface area contributed by atoms with Crippen molar-refractivity contribution in [3.63, 3.8) is 0 Å². The highest BCUT2D eigenvalue weighted by molar-refractivity contribution is 5.73. The van der Waals surface area contributed by atoms with Gasteiger partial charge in [0.2, 0.25) is 0 Å². The molecule has 0 saturated carbocycles. The van der Waals surface area contributed by atoms with Gasteiger partial charge in [0.05, 0.1) is 12.7 Å². The fraction of sp³-hybridized carbons (Fsp3) is 0.190. The summed E-state index contributed by atoms with van der Waals surface area (Å²) in [5, 5.41) is 0. The van der Waals surface area contributed by atoms with Crippen molar-refractivity contribution in [2.45, 2.75) is 26.3 Å². The second-order valence-corrected chi connectivity index (χ2v) is 6.67. The van der Waals surface area contributed by atoms with E-state index in [9.17, 15) is 4.79 Å². The smallest absolute Gasteiger partial charge is 0.303 e. The highest BCUT2D eigenvalue weighted by atomic mass is 16.1. The van der Waals surface area contributed by atoms with E-state index in [2.05, 4.69) is 29.9 Å². The Hall–Kier alpha value is -3.21. The van der Waals surface area contributed by atoms with Crippen molar-refractivity contribution in [3.05, 3.63) is 82.4 Å². The molecular formula is C21H20N4O. The lowest BCUT2D eigenvalue weighted by molar-refractivity contribution is 0.777. The van der Waals surface area contributed by atoms with Gasteiger partial charge >= 0.3 is 5.69 Å². The topological polar surface area (TPSA) is 63.6 Å². The summed E-state index contributed by atoms with van der Waals surface area (Å²) in [5.74, 6) is 1.01. The Bertz CT molecular complexity index is 1110. The van der Waals surface area contributed by atoms with Crippen LogP contribution in [0.25, 0.3) is 22.6 Å². The summed E-state index contributed by atoms with van der Waals surface area (Å²) in [6.45, 7) is 4.78. The SMILES string of the molecule is CC(C)c1ccccc1-c1ncc2[nH]c(=O)n(Cc3ccccc3)c2n1. The number of H-pyrrole nitrogens is 1. The molecule has 0 saturated heterocycles. The summed E-state index contributed by atoms with van der Waals surface area (Å²) >= 11 is 0. The summed E-state index contributed by atoms with van der Waals surface area (Å²) in [5.41, 5.74) is 4.36. The minimum absolute atomic E-state index is 0.174. The van der Waals surface area contributed by atoms with Crippen LogP contribution in [0, 0.1) is 0 Å². The molecule has 0 spiro atoms. The first kappa shape index (κ1) is 16.3. The number of aromatic nitrogens is 4. The van der Waals surface area contributed by atoms with Gasteiger partial charge in [-0.15, -0.1) is 0 Å². The molecule has 0 aliphatic heterocycles. The molecule has 26 heavy (non-hydrogen) atoms. The summed E-state index contributed by atoms with van der Waals surface area (Å²) in [7, 11) is 0. The molecule has 0 unspecified atom stereocenters. The Kier molecular flexibility index (Phi) is 4.13. The number of imidazole rings is 1. The summed E-state index contributed by atoms with van der Waals surface area (Å²) in [6, 6.07) is 18.0. The van der Waals surface area contributed by atoms with Crippen LogP contribution in [0.4, 0.5) is 0 Å². The molecule has 5 nitrogen and oxygen atoms in total. The van der Waals surface area contributed by atoms with E-state index in [-0.39, 0.29) is 5.69 Å². The Morgan fingerprint density at radius 1 is 1.04 bits per heavy atom. The Morgan fingerprint density at radius 2 is 1.77 bits per heavy atom. The predicted octanol–water partition coefficient (Wildman–Crippen LogP) is 3.96. The first-order chi connectivity index (χ1) is 12.6. The fourth-order valence-electron chi connectivity index (χ4n) is 3.19. The van der Waals surface area contributed by atoms with Crippen LogP contribution in [0.3, 0.4) is 0 Å². The molecular weight excluding hydrogens is 324 g/mol. The van der Waals surface area contributed by atoms with Crippen LogP contribution in [-0.4, -0.2) is 19.5 Å².